The van der Waals surface area contributed by atoms with E-state index in [9.17, 15) is 9.90 Å². The fraction of sp³-hybridized carbons (Fsp3) is 0.250. The third-order valence-corrected chi connectivity index (χ3v) is 3.83. The minimum atomic E-state index is -0.279. The highest BCUT2D eigenvalue weighted by atomic mass is 32.2. The Morgan fingerprint density at radius 2 is 2.10 bits per heavy atom. The Hall–Kier alpha value is -2.01. The highest BCUT2D eigenvalue weighted by Crippen LogP contribution is 2.25. The third kappa shape index (κ3) is 3.98. The van der Waals surface area contributed by atoms with Crippen LogP contribution in [0.5, 0.6) is 5.75 Å². The molecule has 1 amide bonds. The summed E-state index contributed by atoms with van der Waals surface area (Å²) in [5.74, 6) is 0.724. The number of thioether (sulfide) groups is 1. The lowest BCUT2D eigenvalue weighted by Gasteiger charge is -2.09. The number of phenols is 1. The molecule has 1 aromatic carbocycles. The standard InChI is InChI=1S/C16H18N2O2S/c1-3-11-5-7-14(19)13(9-11)18-16(20)12-6-8-15(17-10-12)21-4-2/h5-10,19H,3-4H2,1-2H3,(H,18,20). The number of aryl methyl sites for hydroxylation is 1. The zero-order valence-corrected chi connectivity index (χ0v) is 12.9. The van der Waals surface area contributed by atoms with E-state index >= 15 is 0 Å². The van der Waals surface area contributed by atoms with E-state index in [0.717, 1.165) is 22.8 Å². The van der Waals surface area contributed by atoms with Crippen LogP contribution >= 0.6 is 11.8 Å². The van der Waals surface area contributed by atoms with Crippen LogP contribution in [0, 0.1) is 0 Å². The smallest absolute Gasteiger partial charge is 0.257 e. The van der Waals surface area contributed by atoms with Crippen molar-refractivity contribution in [2.24, 2.45) is 0 Å². The van der Waals surface area contributed by atoms with Crippen molar-refractivity contribution in [1.82, 2.24) is 4.98 Å². The number of anilines is 1. The van der Waals surface area contributed by atoms with Crippen LogP contribution in [0.25, 0.3) is 0 Å². The number of hydrogen-bond donors (Lipinski definition) is 2. The number of carbonyl (C=O) groups excluding carboxylic acids is 1. The zero-order valence-electron chi connectivity index (χ0n) is 12.1. The maximum atomic E-state index is 12.2. The molecule has 1 aromatic heterocycles. The quantitative estimate of drug-likeness (QED) is 0.653. The van der Waals surface area contributed by atoms with Crippen molar-refractivity contribution in [3.8, 4) is 5.75 Å². The van der Waals surface area contributed by atoms with Gasteiger partial charge in [0.1, 0.15) is 5.75 Å². The van der Waals surface area contributed by atoms with Crippen LogP contribution in [0.3, 0.4) is 0 Å². The summed E-state index contributed by atoms with van der Waals surface area (Å²) < 4.78 is 0. The Balaban J connectivity index is 2.14. The number of nitrogens with one attached hydrogen (secondary N) is 1. The molecule has 0 aliphatic heterocycles. The van der Waals surface area contributed by atoms with Crippen molar-refractivity contribution < 1.29 is 9.90 Å². The lowest BCUT2D eigenvalue weighted by molar-refractivity contribution is 0.102. The first-order valence-corrected chi connectivity index (χ1v) is 7.84. The van der Waals surface area contributed by atoms with Crippen LogP contribution in [-0.2, 0) is 6.42 Å². The predicted molar refractivity (Wildman–Crippen MR) is 86.1 cm³/mol. The number of carbonyl (C=O) groups is 1. The van der Waals surface area contributed by atoms with Gasteiger partial charge in [-0.25, -0.2) is 4.98 Å². The van der Waals surface area contributed by atoms with Crippen molar-refractivity contribution in [2.75, 3.05) is 11.1 Å². The summed E-state index contributed by atoms with van der Waals surface area (Å²) in [6.07, 6.45) is 2.39. The Morgan fingerprint density at radius 3 is 2.71 bits per heavy atom. The first-order valence-electron chi connectivity index (χ1n) is 6.86. The van der Waals surface area contributed by atoms with Gasteiger partial charge < -0.3 is 10.4 Å². The van der Waals surface area contributed by atoms with Gasteiger partial charge in [0.25, 0.3) is 5.91 Å². The monoisotopic (exact) mass is 302 g/mol. The van der Waals surface area contributed by atoms with E-state index in [1.54, 1.807) is 36.2 Å². The molecule has 0 fully saturated rings. The van der Waals surface area contributed by atoms with Crippen LogP contribution in [0.2, 0.25) is 0 Å². The molecule has 5 heteroatoms. The van der Waals surface area contributed by atoms with Crippen molar-refractivity contribution >= 4 is 23.4 Å². The molecular weight excluding hydrogens is 284 g/mol. The molecular formula is C16H18N2O2S. The van der Waals surface area contributed by atoms with Gasteiger partial charge in [-0.2, -0.15) is 0 Å². The third-order valence-electron chi connectivity index (χ3n) is 3.01. The normalized spacial score (nSPS) is 10.4. The lowest BCUT2D eigenvalue weighted by atomic mass is 10.1. The van der Waals surface area contributed by atoms with E-state index in [1.165, 1.54) is 0 Å². The second-order valence-electron chi connectivity index (χ2n) is 4.48. The van der Waals surface area contributed by atoms with Crippen LogP contribution in [0.4, 0.5) is 5.69 Å². The highest BCUT2D eigenvalue weighted by Gasteiger charge is 2.10. The number of nitrogens with zero attached hydrogens (tertiary/aromatic N) is 1. The van der Waals surface area contributed by atoms with E-state index in [1.807, 2.05) is 19.1 Å². The topological polar surface area (TPSA) is 62.2 Å². The molecule has 4 nitrogen and oxygen atoms in total. The van der Waals surface area contributed by atoms with Crippen molar-refractivity contribution in [1.29, 1.82) is 0 Å². The van der Waals surface area contributed by atoms with E-state index in [0.29, 0.717) is 11.3 Å². The summed E-state index contributed by atoms with van der Waals surface area (Å²) in [5.41, 5.74) is 1.94. The summed E-state index contributed by atoms with van der Waals surface area (Å²) in [4.78, 5) is 16.4. The largest absolute Gasteiger partial charge is 0.506 e. The summed E-state index contributed by atoms with van der Waals surface area (Å²) in [6, 6.07) is 8.77. The number of aromatic hydroxyl groups is 1. The van der Waals surface area contributed by atoms with Crippen molar-refractivity contribution in [3.05, 3.63) is 47.7 Å². The molecule has 0 saturated heterocycles. The van der Waals surface area contributed by atoms with E-state index in [2.05, 4.69) is 17.2 Å². The minimum absolute atomic E-state index is 0.0617. The molecule has 0 atom stereocenters. The Kier molecular flexibility index (Phi) is 5.22. The Bertz CT molecular complexity index is 627. The van der Waals surface area contributed by atoms with Gasteiger partial charge in [-0.05, 0) is 42.0 Å². The van der Waals surface area contributed by atoms with Crippen molar-refractivity contribution in [2.45, 2.75) is 25.3 Å². The average molecular weight is 302 g/mol. The molecule has 1 heterocycles. The van der Waals surface area contributed by atoms with E-state index in [-0.39, 0.29) is 11.7 Å². The molecule has 21 heavy (non-hydrogen) atoms. The van der Waals surface area contributed by atoms with Crippen LogP contribution in [0.15, 0.2) is 41.6 Å². The molecule has 0 radical (unpaired) electrons. The number of hydrogen-bond acceptors (Lipinski definition) is 4. The van der Waals surface area contributed by atoms with Gasteiger partial charge in [0.05, 0.1) is 16.3 Å². The predicted octanol–water partition coefficient (Wildman–Crippen LogP) is 3.71. The number of pyridine rings is 1. The molecule has 0 aliphatic rings. The second-order valence-corrected chi connectivity index (χ2v) is 5.76. The Morgan fingerprint density at radius 1 is 1.29 bits per heavy atom. The van der Waals surface area contributed by atoms with Crippen LogP contribution in [-0.4, -0.2) is 21.8 Å². The molecule has 110 valence electrons. The van der Waals surface area contributed by atoms with E-state index < -0.39 is 0 Å². The van der Waals surface area contributed by atoms with Crippen molar-refractivity contribution in [3.63, 3.8) is 0 Å². The highest BCUT2D eigenvalue weighted by molar-refractivity contribution is 7.99. The number of aromatic nitrogens is 1. The fourth-order valence-electron chi connectivity index (χ4n) is 1.85. The summed E-state index contributed by atoms with van der Waals surface area (Å²) in [6.45, 7) is 4.07. The SMILES string of the molecule is CCSc1ccc(C(=O)Nc2cc(CC)ccc2O)cn1. The van der Waals surface area contributed by atoms with E-state index in [4.69, 9.17) is 0 Å². The number of rotatable bonds is 5. The molecule has 0 spiro atoms. The molecule has 0 bridgehead atoms. The number of benzene rings is 1. The van der Waals surface area contributed by atoms with Gasteiger partial charge in [0, 0.05) is 6.20 Å². The molecule has 0 saturated carbocycles. The lowest BCUT2D eigenvalue weighted by Crippen LogP contribution is -2.12. The maximum absolute atomic E-state index is 12.2. The van der Waals surface area contributed by atoms with Gasteiger partial charge in [-0.15, -0.1) is 11.8 Å². The average Bonchev–Trinajstić information content (AvgIpc) is 2.50. The molecule has 2 N–H and O–H groups in total. The van der Waals surface area contributed by atoms with Gasteiger partial charge in [0.15, 0.2) is 0 Å². The summed E-state index contributed by atoms with van der Waals surface area (Å²) in [7, 11) is 0. The fourth-order valence-corrected chi connectivity index (χ4v) is 2.43. The number of phenolic OH excluding ortho intramolecular Hbond substituents is 1. The Labute approximate surface area is 128 Å². The summed E-state index contributed by atoms with van der Waals surface area (Å²) >= 11 is 1.62. The minimum Gasteiger partial charge on any atom is -0.506 e. The zero-order chi connectivity index (χ0) is 15.2. The molecule has 0 unspecified atom stereocenters. The van der Waals surface area contributed by atoms with Crippen LogP contribution < -0.4 is 5.32 Å². The van der Waals surface area contributed by atoms with Gasteiger partial charge >= 0.3 is 0 Å². The van der Waals surface area contributed by atoms with Crippen LogP contribution in [0.1, 0.15) is 29.8 Å². The summed E-state index contributed by atoms with van der Waals surface area (Å²) in [5, 5.41) is 13.4. The molecule has 2 aromatic rings. The maximum Gasteiger partial charge on any atom is 0.257 e. The number of amides is 1. The first-order chi connectivity index (χ1) is 10.1. The van der Waals surface area contributed by atoms with Gasteiger partial charge in [0.2, 0.25) is 0 Å². The molecule has 2 rings (SSSR count). The first kappa shape index (κ1) is 15.4. The molecule has 0 aliphatic carbocycles. The van der Waals surface area contributed by atoms with Gasteiger partial charge in [-0.1, -0.05) is 19.9 Å². The van der Waals surface area contributed by atoms with Gasteiger partial charge in [-0.3, -0.25) is 4.79 Å². The second kappa shape index (κ2) is 7.13.